The molecule has 0 aliphatic carbocycles. The second kappa shape index (κ2) is 4.28. The molecule has 0 spiro atoms. The molecule has 3 nitrogen and oxygen atoms in total. The molecular weight excluding hydrogens is 152 g/mol. The minimum atomic E-state index is -0.199. The van der Waals surface area contributed by atoms with Gasteiger partial charge in [-0.1, -0.05) is 11.6 Å². The molecule has 1 amide bonds. The van der Waals surface area contributed by atoms with Crippen molar-refractivity contribution in [2.24, 2.45) is 0 Å². The Hall–Kier alpha value is -0.570. The average molecular weight is 163 g/mol. The first-order valence-corrected chi connectivity index (χ1v) is 3.42. The molecule has 58 valence electrons. The SMILES string of the molecule is CC(C)NC(=O)CC(=N)Cl. The largest absolute Gasteiger partial charge is 0.354 e. The molecule has 4 heteroatoms. The van der Waals surface area contributed by atoms with E-state index in [1.54, 1.807) is 0 Å². The summed E-state index contributed by atoms with van der Waals surface area (Å²) in [6, 6.07) is 0.114. The predicted octanol–water partition coefficient (Wildman–Crippen LogP) is 1.12. The molecule has 0 fully saturated rings. The van der Waals surface area contributed by atoms with Crippen LogP contribution in [0.5, 0.6) is 0 Å². The maximum atomic E-state index is 10.7. The van der Waals surface area contributed by atoms with Crippen LogP contribution in [0.4, 0.5) is 0 Å². The second-order valence-corrected chi connectivity index (χ2v) is 2.76. The third-order valence-corrected chi connectivity index (χ3v) is 0.899. The van der Waals surface area contributed by atoms with E-state index >= 15 is 0 Å². The van der Waals surface area contributed by atoms with Crippen molar-refractivity contribution < 1.29 is 4.79 Å². The standard InChI is InChI=1S/C6H11ClN2O/c1-4(2)9-6(10)3-5(7)8/h4,8H,3H2,1-2H3,(H,9,10). The fourth-order valence-corrected chi connectivity index (χ4v) is 0.635. The first-order valence-electron chi connectivity index (χ1n) is 3.04. The highest BCUT2D eigenvalue weighted by atomic mass is 35.5. The van der Waals surface area contributed by atoms with E-state index in [1.165, 1.54) is 0 Å². The molecule has 2 N–H and O–H groups in total. The minimum absolute atomic E-state index is 0.0142. The van der Waals surface area contributed by atoms with Gasteiger partial charge in [0.05, 0.1) is 6.42 Å². The molecule has 0 aliphatic heterocycles. The van der Waals surface area contributed by atoms with E-state index in [-0.39, 0.29) is 23.5 Å². The van der Waals surface area contributed by atoms with E-state index in [0.717, 1.165) is 0 Å². The van der Waals surface area contributed by atoms with E-state index in [9.17, 15) is 4.79 Å². The van der Waals surface area contributed by atoms with Crippen LogP contribution in [0, 0.1) is 5.41 Å². The van der Waals surface area contributed by atoms with Crippen LogP contribution in [0.2, 0.25) is 0 Å². The van der Waals surface area contributed by atoms with Gasteiger partial charge in [-0.15, -0.1) is 0 Å². The topological polar surface area (TPSA) is 53.0 Å². The zero-order valence-corrected chi connectivity index (χ0v) is 6.83. The summed E-state index contributed by atoms with van der Waals surface area (Å²) < 4.78 is 0. The summed E-state index contributed by atoms with van der Waals surface area (Å²) in [6.07, 6.45) is -0.0142. The Kier molecular flexibility index (Phi) is 4.03. The molecule has 0 saturated carbocycles. The van der Waals surface area contributed by atoms with E-state index in [1.807, 2.05) is 13.8 Å². The van der Waals surface area contributed by atoms with Crippen LogP contribution in [-0.2, 0) is 4.79 Å². The Bertz CT molecular complexity index is 145. The number of hydrogen-bond acceptors (Lipinski definition) is 2. The van der Waals surface area contributed by atoms with Crippen molar-refractivity contribution in [1.82, 2.24) is 5.32 Å². The van der Waals surface area contributed by atoms with Crippen molar-refractivity contribution in [3.63, 3.8) is 0 Å². The molecule has 10 heavy (non-hydrogen) atoms. The van der Waals surface area contributed by atoms with Gasteiger partial charge in [-0.25, -0.2) is 0 Å². The van der Waals surface area contributed by atoms with Crippen LogP contribution in [0.15, 0.2) is 0 Å². The number of nitrogens with one attached hydrogen (secondary N) is 2. The fourth-order valence-electron chi connectivity index (χ4n) is 0.514. The quantitative estimate of drug-likeness (QED) is 0.601. The molecule has 0 aliphatic rings. The minimum Gasteiger partial charge on any atom is -0.354 e. The zero-order valence-electron chi connectivity index (χ0n) is 6.07. The summed E-state index contributed by atoms with van der Waals surface area (Å²) in [5.74, 6) is -0.199. The second-order valence-electron chi connectivity index (χ2n) is 2.30. The Morgan fingerprint density at radius 1 is 1.70 bits per heavy atom. The molecule has 0 saturated heterocycles. The Labute approximate surface area is 65.3 Å². The Balaban J connectivity index is 3.54. The normalized spacial score (nSPS) is 9.60. The predicted molar refractivity (Wildman–Crippen MR) is 41.5 cm³/mol. The molecule has 0 radical (unpaired) electrons. The number of carbonyl (C=O) groups is 1. The van der Waals surface area contributed by atoms with Gasteiger partial charge in [-0.05, 0) is 13.8 Å². The van der Waals surface area contributed by atoms with E-state index in [0.29, 0.717) is 0 Å². The molecule has 0 atom stereocenters. The summed E-state index contributed by atoms with van der Waals surface area (Å²) >= 11 is 5.18. The molecule has 0 aromatic rings. The average Bonchev–Trinajstić information content (AvgIpc) is 1.58. The van der Waals surface area contributed by atoms with Crippen LogP contribution >= 0.6 is 11.6 Å². The van der Waals surface area contributed by atoms with E-state index in [2.05, 4.69) is 5.32 Å². The Morgan fingerprint density at radius 2 is 2.20 bits per heavy atom. The molecule has 0 unspecified atom stereocenters. The van der Waals surface area contributed by atoms with Crippen LogP contribution < -0.4 is 5.32 Å². The lowest BCUT2D eigenvalue weighted by molar-refractivity contribution is -0.120. The third-order valence-electron chi connectivity index (χ3n) is 0.765. The van der Waals surface area contributed by atoms with Crippen molar-refractivity contribution in [3.8, 4) is 0 Å². The molecule has 0 aromatic carbocycles. The van der Waals surface area contributed by atoms with Crippen molar-refractivity contribution in [2.75, 3.05) is 0 Å². The van der Waals surface area contributed by atoms with Crippen molar-refractivity contribution in [2.45, 2.75) is 26.3 Å². The number of halogens is 1. The number of hydrogen-bond donors (Lipinski definition) is 2. The molecule has 0 aromatic heterocycles. The van der Waals surface area contributed by atoms with Crippen LogP contribution in [0.3, 0.4) is 0 Å². The van der Waals surface area contributed by atoms with Gasteiger partial charge in [-0.3, -0.25) is 10.2 Å². The summed E-state index contributed by atoms with van der Waals surface area (Å²) in [4.78, 5) is 10.7. The van der Waals surface area contributed by atoms with Gasteiger partial charge in [0, 0.05) is 6.04 Å². The highest BCUT2D eigenvalue weighted by Gasteiger charge is 2.03. The van der Waals surface area contributed by atoms with Crippen LogP contribution in [-0.4, -0.2) is 17.1 Å². The lowest BCUT2D eigenvalue weighted by atomic mass is 10.3. The first-order chi connectivity index (χ1) is 4.52. The van der Waals surface area contributed by atoms with E-state index in [4.69, 9.17) is 17.0 Å². The number of rotatable bonds is 3. The smallest absolute Gasteiger partial charge is 0.227 e. The summed E-state index contributed by atoms with van der Waals surface area (Å²) in [7, 11) is 0. The van der Waals surface area contributed by atoms with Crippen molar-refractivity contribution >= 4 is 22.7 Å². The van der Waals surface area contributed by atoms with Gasteiger partial charge in [0.25, 0.3) is 0 Å². The molecule has 0 rings (SSSR count). The van der Waals surface area contributed by atoms with Crippen LogP contribution in [0.1, 0.15) is 20.3 Å². The van der Waals surface area contributed by atoms with Gasteiger partial charge in [0.15, 0.2) is 0 Å². The molecular formula is C6H11ClN2O. The fraction of sp³-hybridized carbons (Fsp3) is 0.667. The summed E-state index contributed by atoms with van der Waals surface area (Å²) in [5.41, 5.74) is 0. The third kappa shape index (κ3) is 5.56. The maximum absolute atomic E-state index is 10.7. The molecule has 0 bridgehead atoms. The zero-order chi connectivity index (χ0) is 8.15. The van der Waals surface area contributed by atoms with Crippen molar-refractivity contribution in [1.29, 1.82) is 5.41 Å². The highest BCUT2D eigenvalue weighted by molar-refractivity contribution is 6.65. The van der Waals surface area contributed by atoms with E-state index < -0.39 is 0 Å². The van der Waals surface area contributed by atoms with Gasteiger partial charge in [0.2, 0.25) is 5.91 Å². The molecule has 0 heterocycles. The number of carbonyl (C=O) groups excluding carboxylic acids is 1. The lowest BCUT2D eigenvalue weighted by Crippen LogP contribution is -2.30. The van der Waals surface area contributed by atoms with Gasteiger partial charge < -0.3 is 5.32 Å². The monoisotopic (exact) mass is 162 g/mol. The van der Waals surface area contributed by atoms with Gasteiger partial charge in [0.1, 0.15) is 5.17 Å². The lowest BCUT2D eigenvalue weighted by Gasteiger charge is -2.05. The summed E-state index contributed by atoms with van der Waals surface area (Å²) in [5, 5.41) is 9.26. The van der Waals surface area contributed by atoms with Crippen molar-refractivity contribution in [3.05, 3.63) is 0 Å². The first kappa shape index (κ1) is 9.43. The number of amides is 1. The highest BCUT2D eigenvalue weighted by Crippen LogP contribution is 1.89. The summed E-state index contributed by atoms with van der Waals surface area (Å²) in [6.45, 7) is 3.71. The Morgan fingerprint density at radius 3 is 2.50 bits per heavy atom. The van der Waals surface area contributed by atoms with Crippen LogP contribution in [0.25, 0.3) is 0 Å². The van der Waals surface area contributed by atoms with Gasteiger partial charge in [-0.2, -0.15) is 0 Å². The van der Waals surface area contributed by atoms with Gasteiger partial charge >= 0.3 is 0 Å². The maximum Gasteiger partial charge on any atom is 0.227 e.